The van der Waals surface area contributed by atoms with E-state index in [9.17, 15) is 0 Å². The van der Waals surface area contributed by atoms with Crippen LogP contribution in [0.15, 0.2) is 12.3 Å². The quantitative estimate of drug-likeness (QED) is 0.865. The molecule has 1 N–H and O–H groups in total. The highest BCUT2D eigenvalue weighted by molar-refractivity contribution is 5.55. The summed E-state index contributed by atoms with van der Waals surface area (Å²) in [5.41, 5.74) is 1.68. The van der Waals surface area contributed by atoms with Crippen LogP contribution in [0.25, 0.3) is 0 Å². The summed E-state index contributed by atoms with van der Waals surface area (Å²) in [6, 6.07) is 4.11. The van der Waals surface area contributed by atoms with Crippen molar-refractivity contribution in [2.45, 2.75) is 39.0 Å². The second-order valence-electron chi connectivity index (χ2n) is 4.85. The largest absolute Gasteiger partial charge is 0.369 e. The molecule has 1 saturated carbocycles. The van der Waals surface area contributed by atoms with Gasteiger partial charge >= 0.3 is 0 Å². The van der Waals surface area contributed by atoms with Gasteiger partial charge in [-0.3, -0.25) is 0 Å². The molecule has 0 aliphatic heterocycles. The molecule has 90 valence electrons. The highest BCUT2D eigenvalue weighted by atomic mass is 15.0. The van der Waals surface area contributed by atoms with Gasteiger partial charge in [0.15, 0.2) is 0 Å². The second-order valence-corrected chi connectivity index (χ2v) is 4.85. The van der Waals surface area contributed by atoms with E-state index in [1.54, 1.807) is 6.20 Å². The molecule has 1 fully saturated rings. The fourth-order valence-electron chi connectivity index (χ4n) is 2.47. The van der Waals surface area contributed by atoms with Crippen LogP contribution in [0.5, 0.6) is 0 Å². The van der Waals surface area contributed by atoms with Gasteiger partial charge in [0.25, 0.3) is 0 Å². The molecule has 0 spiro atoms. The van der Waals surface area contributed by atoms with E-state index in [0.717, 1.165) is 23.8 Å². The van der Waals surface area contributed by atoms with Crippen molar-refractivity contribution in [2.75, 3.05) is 11.9 Å². The Hall–Kier alpha value is -1.56. The third-order valence-electron chi connectivity index (χ3n) is 3.55. The van der Waals surface area contributed by atoms with Crippen LogP contribution < -0.4 is 5.32 Å². The van der Waals surface area contributed by atoms with Gasteiger partial charge in [-0.25, -0.2) is 4.98 Å². The molecule has 0 atom stereocenters. The summed E-state index contributed by atoms with van der Waals surface area (Å²) >= 11 is 0. The molecule has 1 aromatic rings. The molecule has 0 bridgehead atoms. The molecule has 0 aromatic carbocycles. The van der Waals surface area contributed by atoms with Crippen LogP contribution in [0.2, 0.25) is 0 Å². The molecule has 1 aromatic heterocycles. The minimum Gasteiger partial charge on any atom is -0.369 e. The van der Waals surface area contributed by atoms with E-state index in [1.165, 1.54) is 32.1 Å². The number of nitrogens with one attached hydrogen (secondary N) is 1. The molecular formula is C14H19N3. The first-order valence-electron chi connectivity index (χ1n) is 6.41. The lowest BCUT2D eigenvalue weighted by atomic mass is 9.89. The van der Waals surface area contributed by atoms with Gasteiger partial charge in [-0.2, -0.15) is 5.26 Å². The molecule has 0 unspecified atom stereocenters. The summed E-state index contributed by atoms with van der Waals surface area (Å²) in [6.07, 6.45) is 8.45. The zero-order chi connectivity index (χ0) is 12.1. The van der Waals surface area contributed by atoms with Crippen molar-refractivity contribution in [3.8, 4) is 6.07 Å². The lowest BCUT2D eigenvalue weighted by molar-refractivity contribution is 0.373. The van der Waals surface area contributed by atoms with Gasteiger partial charge in [0, 0.05) is 12.7 Å². The number of aromatic nitrogens is 1. The summed E-state index contributed by atoms with van der Waals surface area (Å²) < 4.78 is 0. The number of hydrogen-bond acceptors (Lipinski definition) is 3. The van der Waals surface area contributed by atoms with Gasteiger partial charge in [0.05, 0.1) is 5.56 Å². The standard InChI is InChI=1S/C14H19N3/c1-11-7-8-16-14(13(11)9-15)17-10-12-5-3-2-4-6-12/h7-8,12H,2-6,10H2,1H3,(H,16,17). The Bertz CT molecular complexity index is 414. The molecule has 0 saturated heterocycles. The normalized spacial score (nSPS) is 16.5. The zero-order valence-electron chi connectivity index (χ0n) is 10.4. The van der Waals surface area contributed by atoms with E-state index in [1.807, 2.05) is 13.0 Å². The molecule has 3 nitrogen and oxygen atoms in total. The molecule has 1 heterocycles. The molecular weight excluding hydrogens is 210 g/mol. The Morgan fingerprint density at radius 1 is 1.41 bits per heavy atom. The fraction of sp³-hybridized carbons (Fsp3) is 0.571. The van der Waals surface area contributed by atoms with Crippen LogP contribution in [-0.2, 0) is 0 Å². The Balaban J connectivity index is 1.99. The molecule has 1 aliphatic rings. The summed E-state index contributed by atoms with van der Waals surface area (Å²) in [4.78, 5) is 4.26. The minimum absolute atomic E-state index is 0.684. The van der Waals surface area contributed by atoms with Gasteiger partial charge in [0.1, 0.15) is 11.9 Å². The minimum atomic E-state index is 0.684. The van der Waals surface area contributed by atoms with E-state index in [0.29, 0.717) is 5.56 Å². The average Bonchev–Trinajstić information content (AvgIpc) is 2.37. The van der Waals surface area contributed by atoms with Gasteiger partial charge in [-0.1, -0.05) is 19.3 Å². The van der Waals surface area contributed by atoms with Crippen molar-refractivity contribution in [3.05, 3.63) is 23.4 Å². The number of hydrogen-bond donors (Lipinski definition) is 1. The lowest BCUT2D eigenvalue weighted by Gasteiger charge is -2.22. The number of aryl methyl sites for hydroxylation is 1. The summed E-state index contributed by atoms with van der Waals surface area (Å²) in [7, 11) is 0. The summed E-state index contributed by atoms with van der Waals surface area (Å²) in [5, 5.41) is 12.4. The molecule has 1 aliphatic carbocycles. The van der Waals surface area contributed by atoms with Gasteiger partial charge < -0.3 is 5.32 Å². The Morgan fingerprint density at radius 3 is 2.88 bits per heavy atom. The van der Waals surface area contributed by atoms with E-state index in [2.05, 4.69) is 16.4 Å². The molecule has 0 radical (unpaired) electrons. The average molecular weight is 229 g/mol. The van der Waals surface area contributed by atoms with Crippen LogP contribution >= 0.6 is 0 Å². The highest BCUT2D eigenvalue weighted by Gasteiger charge is 2.14. The third-order valence-corrected chi connectivity index (χ3v) is 3.55. The predicted molar refractivity (Wildman–Crippen MR) is 68.8 cm³/mol. The SMILES string of the molecule is Cc1ccnc(NCC2CCCCC2)c1C#N. The number of nitriles is 1. The monoisotopic (exact) mass is 229 g/mol. The first-order valence-corrected chi connectivity index (χ1v) is 6.41. The Morgan fingerprint density at radius 2 is 2.18 bits per heavy atom. The van der Waals surface area contributed by atoms with E-state index in [4.69, 9.17) is 5.26 Å². The van der Waals surface area contributed by atoms with Crippen LogP contribution in [0, 0.1) is 24.2 Å². The number of pyridine rings is 1. The van der Waals surface area contributed by atoms with Crippen molar-refractivity contribution < 1.29 is 0 Å². The maximum absolute atomic E-state index is 9.11. The topological polar surface area (TPSA) is 48.7 Å². The first-order chi connectivity index (χ1) is 8.31. The molecule has 0 amide bonds. The summed E-state index contributed by atoms with van der Waals surface area (Å²) in [6.45, 7) is 2.90. The van der Waals surface area contributed by atoms with Gasteiger partial charge in [-0.05, 0) is 37.3 Å². The van der Waals surface area contributed by atoms with Crippen LogP contribution in [0.1, 0.15) is 43.2 Å². The Kier molecular flexibility index (Phi) is 3.98. The van der Waals surface area contributed by atoms with E-state index in [-0.39, 0.29) is 0 Å². The van der Waals surface area contributed by atoms with Crippen LogP contribution in [0.4, 0.5) is 5.82 Å². The molecule has 3 heteroatoms. The lowest BCUT2D eigenvalue weighted by Crippen LogP contribution is -2.18. The Labute approximate surface area is 103 Å². The van der Waals surface area contributed by atoms with Crippen molar-refractivity contribution in [1.82, 2.24) is 4.98 Å². The van der Waals surface area contributed by atoms with E-state index < -0.39 is 0 Å². The fourth-order valence-corrected chi connectivity index (χ4v) is 2.47. The number of nitrogens with zero attached hydrogens (tertiary/aromatic N) is 2. The maximum atomic E-state index is 9.11. The zero-order valence-corrected chi connectivity index (χ0v) is 10.4. The predicted octanol–water partition coefficient (Wildman–Crippen LogP) is 3.25. The van der Waals surface area contributed by atoms with Gasteiger partial charge in [0.2, 0.25) is 0 Å². The molecule has 17 heavy (non-hydrogen) atoms. The van der Waals surface area contributed by atoms with Crippen LogP contribution in [-0.4, -0.2) is 11.5 Å². The third kappa shape index (κ3) is 2.97. The first kappa shape index (κ1) is 11.9. The number of rotatable bonds is 3. The van der Waals surface area contributed by atoms with Crippen LogP contribution in [0.3, 0.4) is 0 Å². The van der Waals surface area contributed by atoms with Gasteiger partial charge in [-0.15, -0.1) is 0 Å². The highest BCUT2D eigenvalue weighted by Crippen LogP contribution is 2.24. The van der Waals surface area contributed by atoms with Crippen molar-refractivity contribution in [2.24, 2.45) is 5.92 Å². The second kappa shape index (κ2) is 5.67. The maximum Gasteiger partial charge on any atom is 0.144 e. The van der Waals surface area contributed by atoms with Crippen molar-refractivity contribution >= 4 is 5.82 Å². The number of anilines is 1. The van der Waals surface area contributed by atoms with Crippen molar-refractivity contribution in [3.63, 3.8) is 0 Å². The van der Waals surface area contributed by atoms with E-state index >= 15 is 0 Å². The molecule has 2 rings (SSSR count). The smallest absolute Gasteiger partial charge is 0.144 e. The van der Waals surface area contributed by atoms with Crippen molar-refractivity contribution in [1.29, 1.82) is 5.26 Å². The summed E-state index contributed by atoms with van der Waals surface area (Å²) in [5.74, 6) is 1.50.